The van der Waals surface area contributed by atoms with Gasteiger partial charge in [0.15, 0.2) is 5.58 Å². The van der Waals surface area contributed by atoms with Gasteiger partial charge in [-0.05, 0) is 161 Å². The van der Waals surface area contributed by atoms with Crippen molar-refractivity contribution in [2.24, 2.45) is 0 Å². The minimum Gasteiger partial charge on any atom is -0.454 e. The van der Waals surface area contributed by atoms with E-state index in [1.807, 2.05) is 188 Å². The summed E-state index contributed by atoms with van der Waals surface area (Å²) in [6.07, 6.45) is 0. The van der Waals surface area contributed by atoms with Crippen LogP contribution in [0.5, 0.6) is 0 Å². The number of nitrogens with zero attached hydrogens (tertiary/aromatic N) is 7. The van der Waals surface area contributed by atoms with Crippen LogP contribution in [0.2, 0.25) is 0 Å². The molecule has 0 spiro atoms. The van der Waals surface area contributed by atoms with Crippen LogP contribution < -0.4 is 33.7 Å². The standard InChI is InChI=1S/C81H51N7O7/c1-81(2)65-44-54(86-75(89)61-27-10-14-31-68(61)82(78(86)92)50-20-5-3-6-21-50)39-41-56(65)57-42-40-55(45-66(57)81)87-76(90)62-28-11-15-32-69(62)83(79(87)93)52-37-35-48(36-38-52)49-19-17-24-53(43-49)85-77(91)64-47-71-63(46-72(64)84(80(85)94)51-22-7-4-8-23-51)58-25-9-13-30-67(58)88(71)70-33-18-29-60-59-26-12-16-34-73(59)95-74(60)70/h3-47H,1-2H3. The molecule has 1 aliphatic rings. The number of aromatic nitrogens is 7. The number of furan rings is 1. The molecule has 0 fully saturated rings. The molecule has 452 valence electrons. The van der Waals surface area contributed by atoms with Crippen LogP contribution in [0, 0.1) is 0 Å². The first-order valence-electron chi connectivity index (χ1n) is 31.2. The normalized spacial score (nSPS) is 12.7. The largest absolute Gasteiger partial charge is 0.454 e. The van der Waals surface area contributed by atoms with E-state index in [0.29, 0.717) is 78.0 Å². The third-order valence-corrected chi connectivity index (χ3v) is 19.1. The van der Waals surface area contributed by atoms with Gasteiger partial charge in [-0.1, -0.05) is 159 Å². The van der Waals surface area contributed by atoms with Gasteiger partial charge in [-0.3, -0.25) is 28.1 Å². The lowest BCUT2D eigenvalue weighted by atomic mass is 9.82. The number of hydrogen-bond acceptors (Lipinski definition) is 7. The Labute approximate surface area is 538 Å². The SMILES string of the molecule is CC1(C)c2cc(-n3c(=O)c4ccccc4n(-c4ccccc4)c3=O)ccc2-c2ccc(-n3c(=O)c4ccccc4n(-c4ccc(-c5cccc(-n6c(=O)c7cc8c(cc7n(-c7ccccc7)c6=O)c6ccccc6n8-c6cccc7c6oc6ccccc67)c5)cc4)c3=O)cc21. The van der Waals surface area contributed by atoms with Gasteiger partial charge >= 0.3 is 17.1 Å². The van der Waals surface area contributed by atoms with Gasteiger partial charge in [-0.25, -0.2) is 28.1 Å². The molecule has 0 saturated heterocycles. The van der Waals surface area contributed by atoms with E-state index < -0.39 is 39.2 Å². The van der Waals surface area contributed by atoms with Crippen LogP contribution in [0.3, 0.4) is 0 Å². The smallest absolute Gasteiger partial charge is 0.340 e. The Morgan fingerprint density at radius 3 is 1.26 bits per heavy atom. The van der Waals surface area contributed by atoms with Gasteiger partial charge < -0.3 is 8.98 Å². The fourth-order valence-electron chi connectivity index (χ4n) is 14.7. The van der Waals surface area contributed by atoms with E-state index in [1.165, 1.54) is 18.3 Å². The Morgan fingerprint density at radius 2 is 0.684 bits per heavy atom. The molecule has 0 saturated carbocycles. The van der Waals surface area contributed by atoms with Gasteiger partial charge in [0, 0.05) is 27.0 Å². The second-order valence-corrected chi connectivity index (χ2v) is 24.7. The minimum atomic E-state index is -0.717. The van der Waals surface area contributed by atoms with Gasteiger partial charge in [0.25, 0.3) is 16.7 Å². The highest BCUT2D eigenvalue weighted by Crippen LogP contribution is 2.50. The molecule has 95 heavy (non-hydrogen) atoms. The van der Waals surface area contributed by atoms with E-state index in [2.05, 4.69) is 42.7 Å². The molecule has 5 aromatic heterocycles. The highest BCUT2D eigenvalue weighted by molar-refractivity contribution is 6.15. The van der Waals surface area contributed by atoms with E-state index in [9.17, 15) is 14.4 Å². The number of hydrogen-bond donors (Lipinski definition) is 0. The first-order chi connectivity index (χ1) is 46.4. The Hall–Kier alpha value is -12.9. The lowest BCUT2D eigenvalue weighted by Crippen LogP contribution is -2.38. The quantitative estimate of drug-likeness (QED) is 0.147. The van der Waals surface area contributed by atoms with Crippen LogP contribution in [0.15, 0.2) is 306 Å². The summed E-state index contributed by atoms with van der Waals surface area (Å²) < 4.78 is 17.1. The summed E-state index contributed by atoms with van der Waals surface area (Å²) in [6.45, 7) is 4.11. The summed E-state index contributed by atoms with van der Waals surface area (Å²) in [7, 11) is 0. The van der Waals surface area contributed by atoms with Gasteiger partial charge in [-0.15, -0.1) is 0 Å². The summed E-state index contributed by atoms with van der Waals surface area (Å²) in [4.78, 5) is 89.8. The Balaban J connectivity index is 0.729. The average molecular weight is 1230 g/mol. The van der Waals surface area contributed by atoms with Crippen molar-refractivity contribution in [1.82, 2.24) is 32.0 Å². The highest BCUT2D eigenvalue weighted by Gasteiger charge is 2.37. The van der Waals surface area contributed by atoms with E-state index in [4.69, 9.17) is 4.42 Å². The molecule has 1 aliphatic carbocycles. The lowest BCUT2D eigenvalue weighted by molar-refractivity contribution is 0.657. The van der Waals surface area contributed by atoms with Crippen molar-refractivity contribution in [3.8, 4) is 62.1 Å². The maximum absolute atomic E-state index is 15.5. The zero-order chi connectivity index (χ0) is 64.1. The van der Waals surface area contributed by atoms with Crippen molar-refractivity contribution in [3.05, 3.63) is 347 Å². The molecule has 0 bridgehead atoms. The first-order valence-corrected chi connectivity index (χ1v) is 31.2. The maximum Gasteiger partial charge on any atom is 0.340 e. The van der Waals surface area contributed by atoms with Gasteiger partial charge in [0.2, 0.25) is 0 Å². The van der Waals surface area contributed by atoms with E-state index in [1.54, 1.807) is 69.8 Å². The molecular weight excluding hydrogens is 1180 g/mol. The number of para-hydroxylation sites is 7. The molecule has 17 aromatic rings. The van der Waals surface area contributed by atoms with Crippen molar-refractivity contribution >= 4 is 76.5 Å². The topological polar surface area (TPSA) is 150 Å². The van der Waals surface area contributed by atoms with E-state index in [0.717, 1.165) is 71.7 Å². The second-order valence-electron chi connectivity index (χ2n) is 24.7. The zero-order valence-corrected chi connectivity index (χ0v) is 51.0. The first kappa shape index (κ1) is 54.9. The Bertz CT molecular complexity index is 6580. The molecule has 14 heteroatoms. The molecule has 12 aromatic carbocycles. The summed E-state index contributed by atoms with van der Waals surface area (Å²) >= 11 is 0. The molecule has 14 nitrogen and oxygen atoms in total. The highest BCUT2D eigenvalue weighted by atomic mass is 16.3. The van der Waals surface area contributed by atoms with Crippen LogP contribution in [0.1, 0.15) is 25.0 Å². The molecule has 0 radical (unpaired) electrons. The molecule has 0 atom stereocenters. The van der Waals surface area contributed by atoms with Gasteiger partial charge in [0.1, 0.15) is 5.58 Å². The van der Waals surface area contributed by atoms with Crippen LogP contribution in [-0.2, 0) is 5.41 Å². The summed E-state index contributed by atoms with van der Waals surface area (Å²) in [5.74, 6) is 0. The van der Waals surface area contributed by atoms with Crippen molar-refractivity contribution < 1.29 is 4.42 Å². The fraction of sp³-hybridized carbons (Fsp3) is 0.0370. The molecular formula is C81H51N7O7. The van der Waals surface area contributed by atoms with Crippen LogP contribution >= 0.6 is 0 Å². The van der Waals surface area contributed by atoms with Crippen molar-refractivity contribution in [2.75, 3.05) is 0 Å². The van der Waals surface area contributed by atoms with Crippen molar-refractivity contribution in [3.63, 3.8) is 0 Å². The molecule has 0 aliphatic heterocycles. The number of benzene rings is 12. The monoisotopic (exact) mass is 1230 g/mol. The van der Waals surface area contributed by atoms with Gasteiger partial charge in [-0.2, -0.15) is 0 Å². The minimum absolute atomic E-state index is 0.325. The van der Waals surface area contributed by atoms with E-state index >= 15 is 14.4 Å². The number of rotatable bonds is 8. The molecule has 0 amide bonds. The average Bonchev–Trinajstić information content (AvgIpc) is 1.69. The van der Waals surface area contributed by atoms with Crippen LogP contribution in [0.4, 0.5) is 0 Å². The molecule has 0 unspecified atom stereocenters. The van der Waals surface area contributed by atoms with Crippen LogP contribution in [-0.4, -0.2) is 32.0 Å². The van der Waals surface area contributed by atoms with E-state index in [-0.39, 0.29) is 0 Å². The third kappa shape index (κ3) is 8.04. The fourth-order valence-corrected chi connectivity index (χ4v) is 14.7. The molecule has 18 rings (SSSR count). The third-order valence-electron chi connectivity index (χ3n) is 19.1. The Kier molecular flexibility index (Phi) is 11.9. The lowest BCUT2D eigenvalue weighted by Gasteiger charge is -2.23. The predicted octanol–water partition coefficient (Wildman–Crippen LogP) is 15.0. The van der Waals surface area contributed by atoms with Crippen LogP contribution in [0.25, 0.3) is 139 Å². The van der Waals surface area contributed by atoms with Gasteiger partial charge in [0.05, 0.1) is 83.6 Å². The summed E-state index contributed by atoms with van der Waals surface area (Å²) in [5, 5.41) is 4.80. The summed E-state index contributed by atoms with van der Waals surface area (Å²) in [5.41, 5.74) is 9.33. The zero-order valence-electron chi connectivity index (χ0n) is 51.0. The number of fused-ring (bicyclic) bond motifs is 12. The molecule has 0 N–H and O–H groups in total. The van der Waals surface area contributed by atoms with Crippen molar-refractivity contribution in [2.45, 2.75) is 19.3 Å². The molecule has 5 heterocycles. The maximum atomic E-state index is 15.5. The Morgan fingerprint density at radius 1 is 0.274 bits per heavy atom. The summed E-state index contributed by atoms with van der Waals surface area (Å²) in [6, 6.07) is 84.6. The predicted molar refractivity (Wildman–Crippen MR) is 377 cm³/mol. The van der Waals surface area contributed by atoms with Crippen molar-refractivity contribution in [1.29, 1.82) is 0 Å². The second kappa shape index (κ2) is 20.5.